The van der Waals surface area contributed by atoms with Crippen LogP contribution < -0.4 is 4.74 Å². The van der Waals surface area contributed by atoms with Gasteiger partial charge in [-0.25, -0.2) is 4.79 Å². The average Bonchev–Trinajstić information content (AvgIpc) is 2.47. The maximum Gasteiger partial charge on any atom is 0.326 e. The number of nitrogens with zero attached hydrogens (tertiary/aromatic N) is 1. The molecule has 0 saturated carbocycles. The first-order valence-corrected chi connectivity index (χ1v) is 7.35. The number of carboxylic acid groups (broad SMARTS) is 1. The van der Waals surface area contributed by atoms with Crippen LogP contribution in [0.15, 0.2) is 18.2 Å². The van der Waals surface area contributed by atoms with Crippen LogP contribution in [0, 0.1) is 0 Å². The highest BCUT2D eigenvalue weighted by atomic mass is 35.5. The van der Waals surface area contributed by atoms with Crippen LogP contribution in [0.2, 0.25) is 10.0 Å². The van der Waals surface area contributed by atoms with Crippen molar-refractivity contribution in [3.05, 3.63) is 28.2 Å². The number of ether oxygens (including phenoxy) is 1. The van der Waals surface area contributed by atoms with Gasteiger partial charge in [0.25, 0.3) is 5.91 Å². The topological polar surface area (TPSA) is 66.8 Å². The first-order chi connectivity index (χ1) is 9.99. The van der Waals surface area contributed by atoms with Gasteiger partial charge in [0.2, 0.25) is 0 Å². The fourth-order valence-electron chi connectivity index (χ4n) is 2.30. The van der Waals surface area contributed by atoms with Crippen LogP contribution in [0.25, 0.3) is 0 Å². The van der Waals surface area contributed by atoms with Crippen LogP contribution in [-0.4, -0.2) is 41.1 Å². The Balaban J connectivity index is 2.00. The summed E-state index contributed by atoms with van der Waals surface area (Å²) in [5, 5.41) is 9.95. The quantitative estimate of drug-likeness (QED) is 0.921. The van der Waals surface area contributed by atoms with E-state index in [0.29, 0.717) is 28.8 Å². The van der Waals surface area contributed by atoms with Crippen LogP contribution >= 0.6 is 23.2 Å². The molecule has 1 heterocycles. The van der Waals surface area contributed by atoms with Crippen molar-refractivity contribution in [1.82, 2.24) is 4.90 Å². The Morgan fingerprint density at radius 2 is 2.10 bits per heavy atom. The average molecular weight is 332 g/mol. The first kappa shape index (κ1) is 15.9. The maximum atomic E-state index is 12.1. The van der Waals surface area contributed by atoms with E-state index < -0.39 is 12.0 Å². The number of rotatable bonds is 4. The zero-order valence-electron chi connectivity index (χ0n) is 11.2. The lowest BCUT2D eigenvalue weighted by Gasteiger charge is -2.32. The summed E-state index contributed by atoms with van der Waals surface area (Å²) < 4.78 is 5.36. The van der Waals surface area contributed by atoms with Gasteiger partial charge in [0.05, 0.1) is 5.02 Å². The minimum Gasteiger partial charge on any atom is -0.482 e. The molecule has 0 spiro atoms. The standard InChI is InChI=1S/C14H15Cl2NO4/c15-9-4-5-10(16)12(7-9)21-8-13(18)17-6-2-1-3-11(17)14(19)20/h4-5,7,11H,1-3,6,8H2,(H,19,20)/t11-/m1/s1. The molecule has 0 unspecified atom stereocenters. The van der Waals surface area contributed by atoms with Gasteiger partial charge in [0.1, 0.15) is 11.8 Å². The molecule has 21 heavy (non-hydrogen) atoms. The number of hydrogen-bond acceptors (Lipinski definition) is 3. The molecule has 1 amide bonds. The summed E-state index contributed by atoms with van der Waals surface area (Å²) in [6.07, 6.45) is 2.08. The summed E-state index contributed by atoms with van der Waals surface area (Å²) in [7, 11) is 0. The third kappa shape index (κ3) is 4.02. The maximum absolute atomic E-state index is 12.1. The van der Waals surface area contributed by atoms with E-state index in [1.807, 2.05) is 0 Å². The molecule has 1 aromatic rings. The molecule has 1 atom stereocenters. The van der Waals surface area contributed by atoms with Crippen molar-refractivity contribution in [3.63, 3.8) is 0 Å². The fourth-order valence-corrected chi connectivity index (χ4v) is 2.63. The Labute approximate surface area is 132 Å². The monoisotopic (exact) mass is 331 g/mol. The van der Waals surface area contributed by atoms with E-state index in [0.717, 1.165) is 12.8 Å². The van der Waals surface area contributed by atoms with E-state index in [1.54, 1.807) is 12.1 Å². The summed E-state index contributed by atoms with van der Waals surface area (Å²) in [6.45, 7) is 0.173. The smallest absolute Gasteiger partial charge is 0.326 e. The zero-order valence-corrected chi connectivity index (χ0v) is 12.7. The van der Waals surface area contributed by atoms with E-state index in [1.165, 1.54) is 11.0 Å². The Morgan fingerprint density at radius 1 is 1.33 bits per heavy atom. The Bertz CT molecular complexity index is 550. The predicted octanol–water partition coefficient (Wildman–Crippen LogP) is 2.84. The second-order valence-corrected chi connectivity index (χ2v) is 5.64. The van der Waals surface area contributed by atoms with Gasteiger partial charge in [0.15, 0.2) is 6.61 Å². The van der Waals surface area contributed by atoms with Gasteiger partial charge in [-0.2, -0.15) is 0 Å². The molecule has 0 bridgehead atoms. The number of aliphatic carboxylic acids is 1. The van der Waals surface area contributed by atoms with E-state index >= 15 is 0 Å². The number of amides is 1. The Hall–Kier alpha value is -1.46. The van der Waals surface area contributed by atoms with E-state index in [9.17, 15) is 9.59 Å². The van der Waals surface area contributed by atoms with Crippen LogP contribution in [0.4, 0.5) is 0 Å². The summed E-state index contributed by atoms with van der Waals surface area (Å²) in [5.74, 6) is -1.04. The van der Waals surface area contributed by atoms with Crippen molar-refractivity contribution in [1.29, 1.82) is 0 Å². The van der Waals surface area contributed by atoms with Crippen molar-refractivity contribution in [2.75, 3.05) is 13.2 Å². The lowest BCUT2D eigenvalue weighted by atomic mass is 10.0. The molecule has 1 aromatic carbocycles. The van der Waals surface area contributed by atoms with Gasteiger partial charge in [-0.3, -0.25) is 4.79 Å². The largest absolute Gasteiger partial charge is 0.482 e. The summed E-state index contributed by atoms with van der Waals surface area (Å²) >= 11 is 11.8. The number of piperidine rings is 1. The number of hydrogen-bond donors (Lipinski definition) is 1. The van der Waals surface area contributed by atoms with Crippen LogP contribution in [-0.2, 0) is 9.59 Å². The number of benzene rings is 1. The minimum atomic E-state index is -0.983. The molecule has 1 aliphatic heterocycles. The fraction of sp³-hybridized carbons (Fsp3) is 0.429. The molecular formula is C14H15Cl2NO4. The van der Waals surface area contributed by atoms with Gasteiger partial charge in [0, 0.05) is 17.6 Å². The van der Waals surface area contributed by atoms with Crippen molar-refractivity contribution < 1.29 is 19.4 Å². The predicted molar refractivity (Wildman–Crippen MR) is 78.9 cm³/mol. The van der Waals surface area contributed by atoms with E-state index in [2.05, 4.69) is 0 Å². The number of carboxylic acids is 1. The van der Waals surface area contributed by atoms with Crippen LogP contribution in [0.1, 0.15) is 19.3 Å². The third-order valence-corrected chi connectivity index (χ3v) is 3.90. The van der Waals surface area contributed by atoms with Gasteiger partial charge in [-0.05, 0) is 31.4 Å². The van der Waals surface area contributed by atoms with Crippen LogP contribution in [0.3, 0.4) is 0 Å². The number of carbonyl (C=O) groups is 2. The third-order valence-electron chi connectivity index (χ3n) is 3.35. The molecular weight excluding hydrogens is 317 g/mol. The van der Waals surface area contributed by atoms with Crippen molar-refractivity contribution in [3.8, 4) is 5.75 Å². The highest BCUT2D eigenvalue weighted by molar-refractivity contribution is 6.34. The Morgan fingerprint density at radius 3 is 2.81 bits per heavy atom. The highest BCUT2D eigenvalue weighted by Crippen LogP contribution is 2.28. The zero-order chi connectivity index (χ0) is 15.4. The van der Waals surface area contributed by atoms with Crippen molar-refractivity contribution >= 4 is 35.1 Å². The number of likely N-dealkylation sites (tertiary alicyclic amines) is 1. The minimum absolute atomic E-state index is 0.260. The molecule has 1 fully saturated rings. The molecule has 0 aliphatic carbocycles. The molecule has 0 radical (unpaired) electrons. The van der Waals surface area contributed by atoms with E-state index in [4.69, 9.17) is 33.0 Å². The summed E-state index contributed by atoms with van der Waals surface area (Å²) in [6, 6.07) is 3.93. The highest BCUT2D eigenvalue weighted by Gasteiger charge is 2.32. The van der Waals surface area contributed by atoms with E-state index in [-0.39, 0.29) is 12.5 Å². The number of halogens is 2. The number of carbonyl (C=O) groups excluding carboxylic acids is 1. The van der Waals surface area contributed by atoms with Gasteiger partial charge in [-0.15, -0.1) is 0 Å². The SMILES string of the molecule is O=C(O)[C@H]1CCCCN1C(=O)COc1cc(Cl)ccc1Cl. The molecule has 1 saturated heterocycles. The van der Waals surface area contributed by atoms with Crippen molar-refractivity contribution in [2.45, 2.75) is 25.3 Å². The van der Waals surface area contributed by atoms with Crippen LogP contribution in [0.5, 0.6) is 5.75 Å². The second-order valence-electron chi connectivity index (χ2n) is 4.80. The van der Waals surface area contributed by atoms with Crippen molar-refractivity contribution in [2.24, 2.45) is 0 Å². The van der Waals surface area contributed by atoms with Gasteiger partial charge >= 0.3 is 5.97 Å². The second kappa shape index (κ2) is 7.00. The lowest BCUT2D eigenvalue weighted by molar-refractivity contribution is -0.152. The summed E-state index contributed by atoms with van der Waals surface area (Å²) in [4.78, 5) is 24.7. The first-order valence-electron chi connectivity index (χ1n) is 6.59. The molecule has 1 aliphatic rings. The molecule has 2 rings (SSSR count). The lowest BCUT2D eigenvalue weighted by Crippen LogP contribution is -2.49. The normalized spacial score (nSPS) is 18.4. The Kier molecular flexibility index (Phi) is 5.31. The molecule has 5 nitrogen and oxygen atoms in total. The molecule has 1 N–H and O–H groups in total. The molecule has 0 aromatic heterocycles. The molecule has 114 valence electrons. The summed E-state index contributed by atoms with van der Waals surface area (Å²) in [5.41, 5.74) is 0. The molecule has 7 heteroatoms. The van der Waals surface area contributed by atoms with Gasteiger partial charge in [-0.1, -0.05) is 23.2 Å². The van der Waals surface area contributed by atoms with Gasteiger partial charge < -0.3 is 14.7 Å².